The van der Waals surface area contributed by atoms with Crippen molar-refractivity contribution in [2.24, 2.45) is 0 Å². The number of carbonyl (C=O) groups is 1. The average Bonchev–Trinajstić information content (AvgIpc) is 3.10. The Morgan fingerprint density at radius 1 is 1.19 bits per heavy atom. The topological polar surface area (TPSA) is 51.2 Å². The highest BCUT2D eigenvalue weighted by atomic mass is 32.1. The summed E-state index contributed by atoms with van der Waals surface area (Å²) in [4.78, 5) is 16.4. The van der Waals surface area contributed by atoms with Crippen molar-refractivity contribution in [3.8, 4) is 5.75 Å². The van der Waals surface area contributed by atoms with E-state index in [9.17, 15) is 4.79 Å². The number of aryl methyl sites for hydroxylation is 2. The van der Waals surface area contributed by atoms with Gasteiger partial charge < -0.3 is 10.1 Å². The summed E-state index contributed by atoms with van der Waals surface area (Å²) in [5, 5.41) is 5.94. The van der Waals surface area contributed by atoms with Crippen molar-refractivity contribution in [1.82, 2.24) is 10.3 Å². The minimum Gasteiger partial charge on any atom is -0.487 e. The van der Waals surface area contributed by atoms with Crippen LogP contribution >= 0.6 is 11.3 Å². The molecule has 0 atom stereocenters. The van der Waals surface area contributed by atoms with Gasteiger partial charge in [0.25, 0.3) is 0 Å². The molecule has 0 saturated heterocycles. The Labute approximate surface area is 163 Å². The third kappa shape index (κ3) is 5.79. The predicted octanol–water partition coefficient (Wildman–Crippen LogP) is 4.67. The highest BCUT2D eigenvalue weighted by Gasteiger charge is 2.02. The van der Waals surface area contributed by atoms with Gasteiger partial charge in [0.15, 0.2) is 0 Å². The van der Waals surface area contributed by atoms with Crippen molar-refractivity contribution in [2.45, 2.75) is 27.0 Å². The first-order valence-electron chi connectivity index (χ1n) is 8.74. The maximum atomic E-state index is 12.1. The zero-order chi connectivity index (χ0) is 19.1. The van der Waals surface area contributed by atoms with E-state index < -0.39 is 0 Å². The van der Waals surface area contributed by atoms with Crippen LogP contribution in [0.4, 0.5) is 0 Å². The second-order valence-corrected chi connectivity index (χ2v) is 7.26. The van der Waals surface area contributed by atoms with Crippen LogP contribution in [0.2, 0.25) is 0 Å². The molecule has 3 rings (SSSR count). The van der Waals surface area contributed by atoms with Gasteiger partial charge in [-0.2, -0.15) is 0 Å². The Morgan fingerprint density at radius 2 is 2.04 bits per heavy atom. The van der Waals surface area contributed by atoms with Gasteiger partial charge in [0.2, 0.25) is 5.91 Å². The van der Waals surface area contributed by atoms with Gasteiger partial charge in [0.1, 0.15) is 12.4 Å². The predicted molar refractivity (Wildman–Crippen MR) is 110 cm³/mol. The summed E-state index contributed by atoms with van der Waals surface area (Å²) in [7, 11) is 0. The molecule has 0 aliphatic rings. The Kier molecular flexibility index (Phi) is 6.39. The number of amides is 1. The number of nitrogens with zero attached hydrogens (tertiary/aromatic N) is 1. The van der Waals surface area contributed by atoms with Crippen molar-refractivity contribution < 1.29 is 9.53 Å². The van der Waals surface area contributed by atoms with Crippen molar-refractivity contribution in [1.29, 1.82) is 0 Å². The van der Waals surface area contributed by atoms with E-state index in [-0.39, 0.29) is 5.91 Å². The summed E-state index contributed by atoms with van der Waals surface area (Å²) in [5.41, 5.74) is 4.12. The van der Waals surface area contributed by atoms with E-state index in [0.717, 1.165) is 27.6 Å². The molecule has 0 spiro atoms. The van der Waals surface area contributed by atoms with Gasteiger partial charge >= 0.3 is 0 Å². The van der Waals surface area contributed by atoms with Crippen molar-refractivity contribution >= 4 is 23.3 Å². The second kappa shape index (κ2) is 9.14. The lowest BCUT2D eigenvalue weighted by atomic mass is 10.1. The summed E-state index contributed by atoms with van der Waals surface area (Å²) in [6.45, 7) is 4.97. The molecule has 0 aliphatic heterocycles. The van der Waals surface area contributed by atoms with Gasteiger partial charge in [0.05, 0.1) is 10.7 Å². The SMILES string of the molecule is Cc1nc(COc2cccc(/C=C/C(=O)NCc3ccccc3C)c2)cs1. The number of hydrogen-bond donors (Lipinski definition) is 1. The van der Waals surface area contributed by atoms with E-state index in [1.165, 1.54) is 5.56 Å². The second-order valence-electron chi connectivity index (χ2n) is 6.20. The minimum atomic E-state index is -0.123. The van der Waals surface area contributed by atoms with E-state index >= 15 is 0 Å². The van der Waals surface area contributed by atoms with Gasteiger partial charge in [-0.3, -0.25) is 4.79 Å². The molecule has 1 aromatic heterocycles. The minimum absolute atomic E-state index is 0.123. The summed E-state index contributed by atoms with van der Waals surface area (Å²) in [5.74, 6) is 0.630. The van der Waals surface area contributed by atoms with Crippen LogP contribution in [-0.2, 0) is 17.9 Å². The Morgan fingerprint density at radius 3 is 2.81 bits per heavy atom. The molecule has 1 amide bonds. The van der Waals surface area contributed by atoms with E-state index in [0.29, 0.717) is 13.2 Å². The molecule has 27 heavy (non-hydrogen) atoms. The van der Waals surface area contributed by atoms with Crippen LogP contribution < -0.4 is 10.1 Å². The fourth-order valence-electron chi connectivity index (χ4n) is 2.56. The van der Waals surface area contributed by atoms with Crippen LogP contribution in [0.15, 0.2) is 60.0 Å². The lowest BCUT2D eigenvalue weighted by molar-refractivity contribution is -0.116. The molecule has 2 aromatic carbocycles. The quantitative estimate of drug-likeness (QED) is 0.608. The molecule has 0 radical (unpaired) electrons. The molecule has 1 heterocycles. The Hall–Kier alpha value is -2.92. The number of thiazole rings is 1. The van der Waals surface area contributed by atoms with Crippen LogP contribution in [0.1, 0.15) is 27.4 Å². The smallest absolute Gasteiger partial charge is 0.244 e. The van der Waals surface area contributed by atoms with E-state index in [1.807, 2.05) is 67.8 Å². The zero-order valence-electron chi connectivity index (χ0n) is 15.4. The van der Waals surface area contributed by atoms with Crippen LogP contribution in [-0.4, -0.2) is 10.9 Å². The third-order valence-electron chi connectivity index (χ3n) is 4.05. The largest absolute Gasteiger partial charge is 0.487 e. The maximum absolute atomic E-state index is 12.1. The molecular weight excluding hydrogens is 356 g/mol. The van der Waals surface area contributed by atoms with Crippen molar-refractivity contribution in [3.63, 3.8) is 0 Å². The van der Waals surface area contributed by atoms with E-state index in [1.54, 1.807) is 23.5 Å². The molecule has 0 fully saturated rings. The van der Waals surface area contributed by atoms with Crippen LogP contribution in [0, 0.1) is 13.8 Å². The first kappa shape index (κ1) is 18.9. The Bertz CT molecular complexity index is 947. The highest BCUT2D eigenvalue weighted by Crippen LogP contribution is 2.17. The van der Waals surface area contributed by atoms with Gasteiger partial charge in [-0.1, -0.05) is 36.4 Å². The van der Waals surface area contributed by atoms with Crippen LogP contribution in [0.3, 0.4) is 0 Å². The maximum Gasteiger partial charge on any atom is 0.244 e. The van der Waals surface area contributed by atoms with Crippen molar-refractivity contribution in [2.75, 3.05) is 0 Å². The summed E-state index contributed by atoms with van der Waals surface area (Å²) >= 11 is 1.61. The number of ether oxygens (including phenoxy) is 1. The molecule has 4 nitrogen and oxygen atoms in total. The van der Waals surface area contributed by atoms with Gasteiger partial charge in [0, 0.05) is 18.0 Å². The van der Waals surface area contributed by atoms with Gasteiger partial charge in [-0.15, -0.1) is 11.3 Å². The fraction of sp³-hybridized carbons (Fsp3) is 0.182. The highest BCUT2D eigenvalue weighted by molar-refractivity contribution is 7.09. The molecule has 5 heteroatoms. The van der Waals surface area contributed by atoms with Gasteiger partial charge in [-0.05, 0) is 48.7 Å². The molecule has 1 N–H and O–H groups in total. The van der Waals surface area contributed by atoms with Crippen molar-refractivity contribution in [3.05, 3.63) is 87.4 Å². The van der Waals surface area contributed by atoms with Crippen LogP contribution in [0.25, 0.3) is 6.08 Å². The summed E-state index contributed by atoms with van der Waals surface area (Å²) in [6, 6.07) is 15.7. The molecular formula is C22H22N2O2S. The normalized spacial score (nSPS) is 10.9. The molecule has 0 saturated carbocycles. The zero-order valence-corrected chi connectivity index (χ0v) is 16.3. The lowest BCUT2D eigenvalue weighted by Gasteiger charge is -2.06. The summed E-state index contributed by atoms with van der Waals surface area (Å²) in [6.07, 6.45) is 3.33. The number of rotatable bonds is 7. The average molecular weight is 378 g/mol. The number of benzene rings is 2. The monoisotopic (exact) mass is 378 g/mol. The number of carbonyl (C=O) groups excluding carboxylic acids is 1. The lowest BCUT2D eigenvalue weighted by Crippen LogP contribution is -2.20. The van der Waals surface area contributed by atoms with E-state index in [2.05, 4.69) is 10.3 Å². The molecule has 0 unspecified atom stereocenters. The first-order chi connectivity index (χ1) is 13.1. The molecule has 138 valence electrons. The first-order valence-corrected chi connectivity index (χ1v) is 9.62. The summed E-state index contributed by atoms with van der Waals surface area (Å²) < 4.78 is 5.78. The van der Waals surface area contributed by atoms with Crippen LogP contribution in [0.5, 0.6) is 5.75 Å². The standard InChI is InChI=1S/C22H22N2O2S/c1-16-6-3-4-8-19(16)13-23-22(25)11-10-18-7-5-9-21(12-18)26-14-20-15-27-17(2)24-20/h3-12,15H,13-14H2,1-2H3,(H,23,25)/b11-10+. The molecule has 0 aliphatic carbocycles. The molecule has 3 aromatic rings. The number of hydrogen-bond acceptors (Lipinski definition) is 4. The fourth-order valence-corrected chi connectivity index (χ4v) is 3.16. The Balaban J connectivity index is 1.53. The number of nitrogens with one attached hydrogen (secondary N) is 1. The third-order valence-corrected chi connectivity index (χ3v) is 4.88. The number of aromatic nitrogens is 1. The molecule has 0 bridgehead atoms. The van der Waals surface area contributed by atoms with Gasteiger partial charge in [-0.25, -0.2) is 4.98 Å². The van der Waals surface area contributed by atoms with E-state index in [4.69, 9.17) is 4.74 Å².